The van der Waals surface area contributed by atoms with Gasteiger partial charge in [-0.05, 0) is 61.4 Å². The first-order chi connectivity index (χ1) is 19.3. The summed E-state index contributed by atoms with van der Waals surface area (Å²) >= 11 is 6.06. The van der Waals surface area contributed by atoms with Crippen molar-refractivity contribution in [3.63, 3.8) is 0 Å². The number of rotatable bonds is 6. The van der Waals surface area contributed by atoms with E-state index < -0.39 is 29.7 Å². The van der Waals surface area contributed by atoms with Crippen LogP contribution in [0.1, 0.15) is 33.7 Å². The van der Waals surface area contributed by atoms with Crippen LogP contribution in [0.3, 0.4) is 0 Å². The zero-order valence-corrected chi connectivity index (χ0v) is 22.0. The molecular weight excluding hydrogens is 537 g/mol. The number of fused-ring (bicyclic) bond motifs is 1. The van der Waals surface area contributed by atoms with Crippen molar-refractivity contribution < 1.29 is 18.8 Å². The summed E-state index contributed by atoms with van der Waals surface area (Å²) in [7, 11) is 0. The predicted octanol–water partition coefficient (Wildman–Crippen LogP) is 3.26. The molecule has 3 amide bonds. The Morgan fingerprint density at radius 2 is 1.68 bits per heavy atom. The number of H-pyrrole nitrogens is 1. The van der Waals surface area contributed by atoms with Gasteiger partial charge in [-0.15, -0.1) is 0 Å². The summed E-state index contributed by atoms with van der Waals surface area (Å²) in [6.45, 7) is 0.407. The molecule has 0 radical (unpaired) electrons. The lowest BCUT2D eigenvalue weighted by Gasteiger charge is -2.21. The van der Waals surface area contributed by atoms with Crippen LogP contribution in [-0.2, 0) is 4.79 Å². The highest BCUT2D eigenvalue weighted by molar-refractivity contribution is 6.31. The molecule has 2 aromatic heterocycles. The number of nitrogens with one attached hydrogen (secondary N) is 3. The van der Waals surface area contributed by atoms with Crippen LogP contribution in [0.4, 0.5) is 4.39 Å². The number of benzene rings is 2. The molecular formula is C29H25ClFN5O4. The lowest BCUT2D eigenvalue weighted by molar-refractivity contribution is -0.131. The van der Waals surface area contributed by atoms with E-state index >= 15 is 4.39 Å². The fourth-order valence-electron chi connectivity index (χ4n) is 5.06. The third-order valence-corrected chi connectivity index (χ3v) is 7.55. The molecule has 0 spiro atoms. The molecule has 1 aliphatic heterocycles. The van der Waals surface area contributed by atoms with Crippen molar-refractivity contribution >= 4 is 40.2 Å². The SMILES string of the molecule is O=C(N[C@@H]1CN(C(=O)C2CC2)C[C@@H]1NC(=O)c1ccc(-n2ccccc2=O)cc1F)c1cc2cc(Cl)ccc2[nH]1. The average molecular weight is 562 g/mol. The second-order valence-corrected chi connectivity index (χ2v) is 10.6. The quantitative estimate of drug-likeness (QED) is 0.335. The molecule has 3 heterocycles. The van der Waals surface area contributed by atoms with Crippen LogP contribution in [0.2, 0.25) is 5.02 Å². The minimum Gasteiger partial charge on any atom is -0.351 e. The van der Waals surface area contributed by atoms with E-state index in [1.165, 1.54) is 29.0 Å². The van der Waals surface area contributed by atoms with Crippen molar-refractivity contribution in [2.75, 3.05) is 13.1 Å². The van der Waals surface area contributed by atoms with Crippen molar-refractivity contribution in [1.29, 1.82) is 0 Å². The first-order valence-corrected chi connectivity index (χ1v) is 13.3. The van der Waals surface area contributed by atoms with E-state index in [4.69, 9.17) is 11.6 Å². The van der Waals surface area contributed by atoms with Crippen LogP contribution < -0.4 is 16.2 Å². The number of aromatic nitrogens is 2. The van der Waals surface area contributed by atoms with Gasteiger partial charge in [0, 0.05) is 47.2 Å². The molecule has 1 aliphatic carbocycles. The van der Waals surface area contributed by atoms with Crippen LogP contribution in [0, 0.1) is 11.7 Å². The Labute approximate surface area is 232 Å². The van der Waals surface area contributed by atoms with Crippen LogP contribution in [0.15, 0.2) is 71.7 Å². The highest BCUT2D eigenvalue weighted by Gasteiger charge is 2.42. The Morgan fingerprint density at radius 1 is 0.925 bits per heavy atom. The molecule has 9 nitrogen and oxygen atoms in total. The maximum atomic E-state index is 15.0. The summed E-state index contributed by atoms with van der Waals surface area (Å²) in [6, 6.07) is 14.2. The topological polar surface area (TPSA) is 116 Å². The molecule has 2 atom stereocenters. The van der Waals surface area contributed by atoms with Gasteiger partial charge in [0.1, 0.15) is 11.5 Å². The molecule has 2 fully saturated rings. The first-order valence-electron chi connectivity index (χ1n) is 12.9. The molecule has 6 rings (SSSR count). The number of hydrogen-bond acceptors (Lipinski definition) is 4. The fourth-order valence-corrected chi connectivity index (χ4v) is 5.24. The van der Waals surface area contributed by atoms with Crippen molar-refractivity contribution in [3.05, 3.63) is 99.3 Å². The van der Waals surface area contributed by atoms with Gasteiger partial charge < -0.3 is 20.5 Å². The smallest absolute Gasteiger partial charge is 0.268 e. The van der Waals surface area contributed by atoms with E-state index in [9.17, 15) is 19.2 Å². The molecule has 2 aliphatic rings. The monoisotopic (exact) mass is 561 g/mol. The number of carbonyl (C=O) groups excluding carboxylic acids is 3. The van der Waals surface area contributed by atoms with E-state index in [0.717, 1.165) is 29.8 Å². The second-order valence-electron chi connectivity index (χ2n) is 10.2. The first kappa shape index (κ1) is 25.8. The third-order valence-electron chi connectivity index (χ3n) is 7.32. The number of aromatic amines is 1. The van der Waals surface area contributed by atoms with E-state index in [1.807, 2.05) is 0 Å². The molecule has 1 saturated carbocycles. The highest BCUT2D eigenvalue weighted by atomic mass is 35.5. The molecule has 11 heteroatoms. The number of nitrogens with zero attached hydrogens (tertiary/aromatic N) is 2. The molecule has 4 aromatic rings. The van der Waals surface area contributed by atoms with Crippen LogP contribution in [0.5, 0.6) is 0 Å². The van der Waals surface area contributed by atoms with Gasteiger partial charge in [-0.25, -0.2) is 4.39 Å². The zero-order valence-electron chi connectivity index (χ0n) is 21.2. The highest BCUT2D eigenvalue weighted by Crippen LogP contribution is 2.32. The number of hydrogen-bond donors (Lipinski definition) is 3. The Hall–Kier alpha value is -4.44. The molecule has 2 aromatic carbocycles. The Morgan fingerprint density at radius 3 is 2.38 bits per heavy atom. The minimum absolute atomic E-state index is 0.0138. The summed E-state index contributed by atoms with van der Waals surface area (Å²) in [6.07, 6.45) is 3.15. The van der Waals surface area contributed by atoms with Gasteiger partial charge in [0.2, 0.25) is 5.91 Å². The maximum Gasteiger partial charge on any atom is 0.268 e. The number of amides is 3. The van der Waals surface area contributed by atoms with E-state index in [0.29, 0.717) is 10.7 Å². The van der Waals surface area contributed by atoms with Gasteiger partial charge in [0.05, 0.1) is 23.3 Å². The molecule has 204 valence electrons. The summed E-state index contributed by atoms with van der Waals surface area (Å²) < 4.78 is 16.3. The lowest BCUT2D eigenvalue weighted by Crippen LogP contribution is -2.51. The Balaban J connectivity index is 1.21. The molecule has 3 N–H and O–H groups in total. The van der Waals surface area contributed by atoms with Crippen molar-refractivity contribution in [3.8, 4) is 5.69 Å². The van der Waals surface area contributed by atoms with Gasteiger partial charge in [-0.2, -0.15) is 0 Å². The van der Waals surface area contributed by atoms with Gasteiger partial charge in [-0.1, -0.05) is 17.7 Å². The maximum absolute atomic E-state index is 15.0. The van der Waals surface area contributed by atoms with Crippen LogP contribution >= 0.6 is 11.6 Å². The van der Waals surface area contributed by atoms with Gasteiger partial charge in [-0.3, -0.25) is 23.7 Å². The normalized spacial score (nSPS) is 18.6. The number of carbonyl (C=O) groups is 3. The van der Waals surface area contributed by atoms with E-state index in [-0.39, 0.29) is 41.7 Å². The predicted molar refractivity (Wildman–Crippen MR) is 147 cm³/mol. The molecule has 0 unspecified atom stereocenters. The molecule has 1 saturated heterocycles. The van der Waals surface area contributed by atoms with Crippen molar-refractivity contribution in [1.82, 2.24) is 25.1 Å². The zero-order chi connectivity index (χ0) is 28.0. The average Bonchev–Trinajstić information content (AvgIpc) is 3.59. The summed E-state index contributed by atoms with van der Waals surface area (Å²) in [4.78, 5) is 55.9. The second kappa shape index (κ2) is 10.3. The number of pyridine rings is 1. The van der Waals surface area contributed by atoms with Gasteiger partial charge >= 0.3 is 0 Å². The van der Waals surface area contributed by atoms with E-state index in [2.05, 4.69) is 15.6 Å². The number of likely N-dealkylation sites (tertiary alicyclic amines) is 1. The third kappa shape index (κ3) is 5.10. The largest absolute Gasteiger partial charge is 0.351 e. The molecule has 0 bridgehead atoms. The lowest BCUT2D eigenvalue weighted by atomic mass is 10.1. The van der Waals surface area contributed by atoms with Gasteiger partial charge in [0.25, 0.3) is 17.4 Å². The number of halogens is 2. The van der Waals surface area contributed by atoms with Crippen molar-refractivity contribution in [2.45, 2.75) is 24.9 Å². The van der Waals surface area contributed by atoms with Crippen LogP contribution in [0.25, 0.3) is 16.6 Å². The van der Waals surface area contributed by atoms with Crippen LogP contribution in [-0.4, -0.2) is 57.3 Å². The van der Waals surface area contributed by atoms with E-state index in [1.54, 1.807) is 41.3 Å². The fraction of sp³-hybridized carbons (Fsp3) is 0.241. The van der Waals surface area contributed by atoms with Crippen molar-refractivity contribution in [2.24, 2.45) is 5.92 Å². The standard InChI is InChI=1S/C29H25ClFN5O4/c30-18-6-9-22-17(11-18)12-23(32-22)28(39)34-25-15-35(29(40)16-4-5-16)14-24(25)33-27(38)20-8-7-19(13-21(20)31)36-10-2-1-3-26(36)37/h1-3,6-13,16,24-25,32H,4-5,14-15H2,(H,33,38)(H,34,39)/t24-,25+/m0/s1. The summed E-state index contributed by atoms with van der Waals surface area (Å²) in [5, 5.41) is 7.06. The Bertz CT molecular complexity index is 1710. The Kier molecular flexibility index (Phi) is 6.63. The molecule has 40 heavy (non-hydrogen) atoms. The minimum atomic E-state index is -0.799. The summed E-state index contributed by atoms with van der Waals surface area (Å²) in [5.41, 5.74) is 0.797. The summed E-state index contributed by atoms with van der Waals surface area (Å²) in [5.74, 6) is -1.93. The van der Waals surface area contributed by atoms with Gasteiger partial charge in [0.15, 0.2) is 0 Å².